The van der Waals surface area contributed by atoms with Crippen LogP contribution in [0.2, 0.25) is 0 Å². The molecule has 0 bridgehead atoms. The van der Waals surface area contributed by atoms with Gasteiger partial charge in [-0.1, -0.05) is 12.1 Å². The van der Waals surface area contributed by atoms with E-state index in [1.54, 1.807) is 18.3 Å². The highest BCUT2D eigenvalue weighted by atomic mass is 16.5. The molecule has 0 saturated heterocycles. The first kappa shape index (κ1) is 13.1. The minimum atomic E-state index is -0.313. The van der Waals surface area contributed by atoms with Crippen molar-refractivity contribution in [2.45, 2.75) is 12.8 Å². The van der Waals surface area contributed by atoms with Crippen molar-refractivity contribution in [3.05, 3.63) is 59.4 Å². The quantitative estimate of drug-likeness (QED) is 0.852. The molecular weight excluding hydrogens is 240 g/mol. The number of methoxy groups -OCH3 is 1. The Morgan fingerprint density at radius 3 is 2.47 bits per heavy atom. The van der Waals surface area contributed by atoms with Gasteiger partial charge in [-0.2, -0.15) is 0 Å². The second-order valence-electron chi connectivity index (χ2n) is 4.27. The van der Waals surface area contributed by atoms with Crippen molar-refractivity contribution in [3.63, 3.8) is 0 Å². The minimum Gasteiger partial charge on any atom is -0.465 e. The van der Waals surface area contributed by atoms with Crippen LogP contribution in [-0.2, 0) is 17.6 Å². The molecule has 0 radical (unpaired) electrons. The molecule has 0 saturated carbocycles. The SMILES string of the molecule is COC(=O)c1ccc(CCc2ccc(N)cn2)cc1. The van der Waals surface area contributed by atoms with Crippen LogP contribution < -0.4 is 5.73 Å². The van der Waals surface area contributed by atoms with Crippen LogP contribution in [0.3, 0.4) is 0 Å². The second-order valence-corrected chi connectivity index (χ2v) is 4.27. The summed E-state index contributed by atoms with van der Waals surface area (Å²) in [4.78, 5) is 15.5. The number of esters is 1. The maximum Gasteiger partial charge on any atom is 0.337 e. The highest BCUT2D eigenvalue weighted by Gasteiger charge is 2.04. The molecule has 0 spiro atoms. The summed E-state index contributed by atoms with van der Waals surface area (Å²) in [5, 5.41) is 0. The molecule has 0 unspecified atom stereocenters. The van der Waals surface area contributed by atoms with E-state index in [2.05, 4.69) is 9.72 Å². The molecule has 1 heterocycles. The molecule has 0 aliphatic heterocycles. The number of carbonyl (C=O) groups excluding carboxylic acids is 1. The molecule has 0 fully saturated rings. The monoisotopic (exact) mass is 256 g/mol. The van der Waals surface area contributed by atoms with Crippen molar-refractivity contribution >= 4 is 11.7 Å². The number of ether oxygens (including phenoxy) is 1. The van der Waals surface area contributed by atoms with Gasteiger partial charge < -0.3 is 10.5 Å². The average Bonchev–Trinajstić information content (AvgIpc) is 2.46. The van der Waals surface area contributed by atoms with Crippen LogP contribution >= 0.6 is 0 Å². The second kappa shape index (κ2) is 6.00. The highest BCUT2D eigenvalue weighted by molar-refractivity contribution is 5.89. The van der Waals surface area contributed by atoms with Crippen molar-refractivity contribution in [2.75, 3.05) is 12.8 Å². The van der Waals surface area contributed by atoms with Crippen LogP contribution in [0.1, 0.15) is 21.6 Å². The number of aryl methyl sites for hydroxylation is 2. The first-order chi connectivity index (χ1) is 9.19. The number of benzene rings is 1. The van der Waals surface area contributed by atoms with Gasteiger partial charge in [-0.05, 0) is 42.7 Å². The number of hydrogen-bond donors (Lipinski definition) is 1. The van der Waals surface area contributed by atoms with Gasteiger partial charge in [-0.3, -0.25) is 4.98 Å². The zero-order valence-corrected chi connectivity index (χ0v) is 10.8. The van der Waals surface area contributed by atoms with Crippen molar-refractivity contribution in [1.82, 2.24) is 4.98 Å². The molecule has 19 heavy (non-hydrogen) atoms. The van der Waals surface area contributed by atoms with Gasteiger partial charge in [0.2, 0.25) is 0 Å². The molecule has 0 aliphatic rings. The van der Waals surface area contributed by atoms with Crippen LogP contribution in [0.5, 0.6) is 0 Å². The summed E-state index contributed by atoms with van der Waals surface area (Å²) in [6, 6.07) is 11.2. The smallest absolute Gasteiger partial charge is 0.337 e. The number of aromatic nitrogens is 1. The zero-order valence-electron chi connectivity index (χ0n) is 10.8. The first-order valence-electron chi connectivity index (χ1n) is 6.06. The van der Waals surface area contributed by atoms with E-state index in [1.807, 2.05) is 24.3 Å². The number of hydrogen-bond acceptors (Lipinski definition) is 4. The molecule has 1 aromatic carbocycles. The van der Waals surface area contributed by atoms with Gasteiger partial charge in [0, 0.05) is 5.69 Å². The van der Waals surface area contributed by atoms with Gasteiger partial charge in [0.1, 0.15) is 0 Å². The number of carbonyl (C=O) groups is 1. The lowest BCUT2D eigenvalue weighted by Gasteiger charge is -2.03. The van der Waals surface area contributed by atoms with Crippen LogP contribution in [0.4, 0.5) is 5.69 Å². The Labute approximate surface area is 112 Å². The van der Waals surface area contributed by atoms with Crippen LogP contribution in [0.25, 0.3) is 0 Å². The van der Waals surface area contributed by atoms with Crippen LogP contribution in [0.15, 0.2) is 42.6 Å². The number of nitrogens with zero attached hydrogens (tertiary/aromatic N) is 1. The van der Waals surface area contributed by atoms with Crippen molar-refractivity contribution in [1.29, 1.82) is 0 Å². The minimum absolute atomic E-state index is 0.313. The molecule has 0 aliphatic carbocycles. The summed E-state index contributed by atoms with van der Waals surface area (Å²) in [7, 11) is 1.38. The average molecular weight is 256 g/mol. The predicted molar refractivity (Wildman–Crippen MR) is 73.8 cm³/mol. The molecule has 2 N–H and O–H groups in total. The predicted octanol–water partition coefficient (Wildman–Crippen LogP) is 2.24. The van der Waals surface area contributed by atoms with E-state index in [4.69, 9.17) is 5.73 Å². The lowest BCUT2D eigenvalue weighted by atomic mass is 10.1. The van der Waals surface area contributed by atoms with E-state index in [0.717, 1.165) is 24.1 Å². The van der Waals surface area contributed by atoms with Crippen molar-refractivity contribution in [2.24, 2.45) is 0 Å². The van der Waals surface area contributed by atoms with Gasteiger partial charge in [-0.15, -0.1) is 0 Å². The standard InChI is InChI=1S/C15H16N2O2/c1-19-15(18)12-5-2-11(3-6-12)4-8-14-9-7-13(16)10-17-14/h2-3,5-7,9-10H,4,8,16H2,1H3. The van der Waals surface area contributed by atoms with E-state index < -0.39 is 0 Å². The number of rotatable bonds is 4. The molecule has 1 aromatic heterocycles. The fourth-order valence-corrected chi connectivity index (χ4v) is 1.78. The van der Waals surface area contributed by atoms with Crippen LogP contribution in [-0.4, -0.2) is 18.1 Å². The maximum absolute atomic E-state index is 11.3. The number of nitrogen functional groups attached to an aromatic ring is 1. The van der Waals surface area contributed by atoms with Crippen LogP contribution in [0, 0.1) is 0 Å². The molecule has 98 valence electrons. The third-order valence-corrected chi connectivity index (χ3v) is 2.89. The maximum atomic E-state index is 11.3. The number of anilines is 1. The molecule has 4 heteroatoms. The summed E-state index contributed by atoms with van der Waals surface area (Å²) >= 11 is 0. The normalized spacial score (nSPS) is 10.2. The molecule has 4 nitrogen and oxygen atoms in total. The van der Waals surface area contributed by atoms with Gasteiger partial charge in [0.15, 0.2) is 0 Å². The van der Waals surface area contributed by atoms with E-state index in [0.29, 0.717) is 11.3 Å². The molecular formula is C15H16N2O2. The van der Waals surface area contributed by atoms with E-state index in [-0.39, 0.29) is 5.97 Å². The van der Waals surface area contributed by atoms with Crippen molar-refractivity contribution in [3.8, 4) is 0 Å². The zero-order chi connectivity index (χ0) is 13.7. The topological polar surface area (TPSA) is 65.2 Å². The van der Waals surface area contributed by atoms with E-state index >= 15 is 0 Å². The molecule has 2 rings (SSSR count). The largest absolute Gasteiger partial charge is 0.465 e. The Morgan fingerprint density at radius 2 is 1.89 bits per heavy atom. The van der Waals surface area contributed by atoms with Gasteiger partial charge in [0.05, 0.1) is 24.6 Å². The summed E-state index contributed by atoms with van der Waals surface area (Å²) in [6.07, 6.45) is 3.38. The van der Waals surface area contributed by atoms with Gasteiger partial charge in [0.25, 0.3) is 0 Å². The Kier molecular flexibility index (Phi) is 4.13. The Balaban J connectivity index is 1.96. The van der Waals surface area contributed by atoms with E-state index in [9.17, 15) is 4.79 Å². The summed E-state index contributed by atoms with van der Waals surface area (Å²) in [5.41, 5.74) is 8.99. The lowest BCUT2D eigenvalue weighted by molar-refractivity contribution is 0.0600. The number of pyridine rings is 1. The van der Waals surface area contributed by atoms with E-state index in [1.165, 1.54) is 7.11 Å². The molecule has 0 amide bonds. The fourth-order valence-electron chi connectivity index (χ4n) is 1.78. The third-order valence-electron chi connectivity index (χ3n) is 2.89. The molecule has 0 atom stereocenters. The summed E-state index contributed by atoms with van der Waals surface area (Å²) < 4.78 is 4.66. The molecule has 2 aromatic rings. The van der Waals surface area contributed by atoms with Gasteiger partial charge >= 0.3 is 5.97 Å². The first-order valence-corrected chi connectivity index (χ1v) is 6.06. The Morgan fingerprint density at radius 1 is 1.16 bits per heavy atom. The van der Waals surface area contributed by atoms with Crippen molar-refractivity contribution < 1.29 is 9.53 Å². The third kappa shape index (κ3) is 3.55. The Bertz CT molecular complexity index is 547. The number of nitrogens with two attached hydrogens (primary N) is 1. The Hall–Kier alpha value is -2.36. The lowest BCUT2D eigenvalue weighted by Crippen LogP contribution is -2.01. The van der Waals surface area contributed by atoms with Gasteiger partial charge in [-0.25, -0.2) is 4.79 Å². The highest BCUT2D eigenvalue weighted by Crippen LogP contribution is 2.09. The summed E-state index contributed by atoms with van der Waals surface area (Å²) in [6.45, 7) is 0. The fraction of sp³-hybridized carbons (Fsp3) is 0.200. The summed E-state index contributed by atoms with van der Waals surface area (Å²) in [5.74, 6) is -0.313.